The Labute approximate surface area is 101 Å². The van der Waals surface area contributed by atoms with Crippen LogP contribution in [0.3, 0.4) is 0 Å². The number of rotatable bonds is 6. The van der Waals surface area contributed by atoms with Crippen molar-refractivity contribution < 1.29 is 9.53 Å². The minimum atomic E-state index is -0.325. The highest BCUT2D eigenvalue weighted by atomic mass is 16.5. The van der Waals surface area contributed by atoms with Gasteiger partial charge in [-0.05, 0) is 24.2 Å². The average Bonchev–Trinajstić information content (AvgIpc) is 2.24. The Morgan fingerprint density at radius 1 is 1.19 bits per heavy atom. The molecule has 0 spiro atoms. The molecule has 0 aliphatic heterocycles. The van der Waals surface area contributed by atoms with Crippen LogP contribution in [0, 0.1) is 16.7 Å². The van der Waals surface area contributed by atoms with E-state index in [9.17, 15) is 4.79 Å². The van der Waals surface area contributed by atoms with Gasteiger partial charge in [0.05, 0.1) is 12.5 Å². The van der Waals surface area contributed by atoms with Crippen LogP contribution in [0.1, 0.15) is 60.8 Å². The molecule has 1 atom stereocenters. The van der Waals surface area contributed by atoms with Gasteiger partial charge in [-0.2, -0.15) is 0 Å². The number of ether oxygens (including phenoxy) is 1. The third kappa shape index (κ3) is 3.23. The van der Waals surface area contributed by atoms with Crippen LogP contribution in [-0.2, 0) is 9.53 Å². The van der Waals surface area contributed by atoms with Crippen molar-refractivity contribution in [3.63, 3.8) is 0 Å². The second-order valence-electron chi connectivity index (χ2n) is 5.85. The predicted octanol–water partition coefficient (Wildman–Crippen LogP) is 4.04. The minimum Gasteiger partial charge on any atom is -0.469 e. The summed E-state index contributed by atoms with van der Waals surface area (Å²) >= 11 is 0. The molecule has 0 heterocycles. The molecule has 0 saturated heterocycles. The Hall–Kier alpha value is -0.530. The van der Waals surface area contributed by atoms with Gasteiger partial charge in [-0.1, -0.05) is 48.0 Å². The van der Waals surface area contributed by atoms with Crippen molar-refractivity contribution >= 4 is 5.97 Å². The quantitative estimate of drug-likeness (QED) is 0.641. The Balaban J connectivity index is 5.14. The highest BCUT2D eigenvalue weighted by Crippen LogP contribution is 2.44. The molecule has 0 fully saturated rings. The van der Waals surface area contributed by atoms with Gasteiger partial charge in [-0.25, -0.2) is 0 Å². The van der Waals surface area contributed by atoms with Crippen LogP contribution < -0.4 is 0 Å². The minimum absolute atomic E-state index is 0.0495. The van der Waals surface area contributed by atoms with Crippen molar-refractivity contribution in [3.05, 3.63) is 0 Å². The molecule has 0 aromatic heterocycles. The molecule has 2 nitrogen and oxygen atoms in total. The molecular weight excluding hydrogens is 200 g/mol. The van der Waals surface area contributed by atoms with Gasteiger partial charge in [0.1, 0.15) is 0 Å². The maximum Gasteiger partial charge on any atom is 0.312 e. The third-order valence-corrected chi connectivity index (χ3v) is 4.08. The first-order valence-electron chi connectivity index (χ1n) is 6.34. The zero-order valence-electron chi connectivity index (χ0n) is 12.0. The Morgan fingerprint density at radius 2 is 1.69 bits per heavy atom. The summed E-state index contributed by atoms with van der Waals surface area (Å²) in [6.45, 7) is 12.9. The molecule has 16 heavy (non-hydrogen) atoms. The first kappa shape index (κ1) is 15.5. The van der Waals surface area contributed by atoms with E-state index in [-0.39, 0.29) is 16.8 Å². The van der Waals surface area contributed by atoms with Crippen LogP contribution in [0.4, 0.5) is 0 Å². The summed E-state index contributed by atoms with van der Waals surface area (Å²) in [4.78, 5) is 12.1. The lowest BCUT2D eigenvalue weighted by molar-refractivity contribution is -0.159. The van der Waals surface area contributed by atoms with Crippen molar-refractivity contribution in [1.29, 1.82) is 0 Å². The number of carbonyl (C=O) groups excluding carboxylic acids is 1. The van der Waals surface area contributed by atoms with Crippen LogP contribution in [0.15, 0.2) is 0 Å². The lowest BCUT2D eigenvalue weighted by Crippen LogP contribution is -2.40. The first-order chi connectivity index (χ1) is 7.25. The van der Waals surface area contributed by atoms with Crippen molar-refractivity contribution in [2.45, 2.75) is 60.8 Å². The molecule has 2 heteroatoms. The summed E-state index contributed by atoms with van der Waals surface area (Å²) in [6.07, 6.45) is 2.83. The van der Waals surface area contributed by atoms with Gasteiger partial charge in [0.2, 0.25) is 0 Å². The monoisotopic (exact) mass is 228 g/mol. The molecule has 1 unspecified atom stereocenters. The molecule has 96 valence electrons. The van der Waals surface area contributed by atoms with E-state index in [4.69, 9.17) is 4.74 Å². The van der Waals surface area contributed by atoms with Crippen molar-refractivity contribution in [2.24, 2.45) is 16.7 Å². The van der Waals surface area contributed by atoms with Crippen LogP contribution >= 0.6 is 0 Å². The maximum absolute atomic E-state index is 12.1. The number of methoxy groups -OCH3 is 1. The molecule has 0 bridgehead atoms. The van der Waals surface area contributed by atoms with Crippen LogP contribution in [0.2, 0.25) is 0 Å². The highest BCUT2D eigenvalue weighted by Gasteiger charge is 2.44. The molecule has 0 amide bonds. The van der Waals surface area contributed by atoms with Crippen LogP contribution in [0.5, 0.6) is 0 Å². The Kier molecular flexibility index (Phi) is 5.51. The van der Waals surface area contributed by atoms with Gasteiger partial charge < -0.3 is 4.74 Å². The van der Waals surface area contributed by atoms with E-state index in [0.717, 1.165) is 19.3 Å². The molecule has 0 saturated carbocycles. The fourth-order valence-corrected chi connectivity index (χ4v) is 2.37. The van der Waals surface area contributed by atoms with Gasteiger partial charge in [0.25, 0.3) is 0 Å². The average molecular weight is 228 g/mol. The molecule has 0 aliphatic rings. The number of hydrogen-bond donors (Lipinski definition) is 0. The Morgan fingerprint density at radius 3 is 1.94 bits per heavy atom. The van der Waals surface area contributed by atoms with Gasteiger partial charge in [0, 0.05) is 0 Å². The molecule has 0 aromatic rings. The van der Waals surface area contributed by atoms with E-state index in [0.29, 0.717) is 5.92 Å². The largest absolute Gasteiger partial charge is 0.469 e. The molecule has 0 radical (unpaired) electrons. The molecule has 0 aliphatic carbocycles. The normalized spacial score (nSPS) is 16.0. The second kappa shape index (κ2) is 5.70. The van der Waals surface area contributed by atoms with Crippen LogP contribution in [0.25, 0.3) is 0 Å². The molecule has 0 N–H and O–H groups in total. The van der Waals surface area contributed by atoms with E-state index >= 15 is 0 Å². The highest BCUT2D eigenvalue weighted by molar-refractivity contribution is 5.77. The maximum atomic E-state index is 12.1. The summed E-state index contributed by atoms with van der Waals surface area (Å²) in [7, 11) is 1.49. The summed E-state index contributed by atoms with van der Waals surface area (Å²) in [6, 6.07) is 0. The Bertz CT molecular complexity index is 231. The fraction of sp³-hybridized carbons (Fsp3) is 0.929. The zero-order valence-corrected chi connectivity index (χ0v) is 12.0. The lowest BCUT2D eigenvalue weighted by Gasteiger charge is -2.40. The predicted molar refractivity (Wildman–Crippen MR) is 68.3 cm³/mol. The first-order valence-corrected chi connectivity index (χ1v) is 6.34. The standard InChI is InChI=1S/C14H28O2/c1-8-13(5,6)10-14(9-2,11(3)4)12(15)16-7/h11H,8-10H2,1-7H3. The molecule has 0 rings (SSSR count). The van der Waals surface area contributed by atoms with Gasteiger partial charge in [-0.3, -0.25) is 4.79 Å². The lowest BCUT2D eigenvalue weighted by atomic mass is 9.64. The topological polar surface area (TPSA) is 26.3 Å². The van der Waals surface area contributed by atoms with E-state index < -0.39 is 0 Å². The van der Waals surface area contributed by atoms with Crippen molar-refractivity contribution in [2.75, 3.05) is 7.11 Å². The summed E-state index contributed by atoms with van der Waals surface area (Å²) in [5.41, 5.74) is -0.136. The van der Waals surface area contributed by atoms with E-state index in [1.165, 1.54) is 7.11 Å². The zero-order chi connectivity index (χ0) is 13.0. The number of hydrogen-bond acceptors (Lipinski definition) is 2. The fourth-order valence-electron chi connectivity index (χ4n) is 2.37. The van der Waals surface area contributed by atoms with E-state index in [1.807, 2.05) is 0 Å². The molecule has 0 aromatic carbocycles. The van der Waals surface area contributed by atoms with E-state index in [2.05, 4.69) is 41.5 Å². The van der Waals surface area contributed by atoms with Gasteiger partial charge >= 0.3 is 5.97 Å². The summed E-state index contributed by atoms with van der Waals surface area (Å²) < 4.78 is 5.02. The third-order valence-electron chi connectivity index (χ3n) is 4.08. The van der Waals surface area contributed by atoms with Crippen LogP contribution in [-0.4, -0.2) is 13.1 Å². The summed E-state index contributed by atoms with van der Waals surface area (Å²) in [5.74, 6) is 0.266. The number of esters is 1. The second-order valence-corrected chi connectivity index (χ2v) is 5.85. The molecular formula is C14H28O2. The van der Waals surface area contributed by atoms with Gasteiger partial charge in [-0.15, -0.1) is 0 Å². The number of carbonyl (C=O) groups is 1. The smallest absolute Gasteiger partial charge is 0.312 e. The SMILES string of the molecule is CCC(C)(C)CC(CC)(C(=O)OC)C(C)C. The van der Waals surface area contributed by atoms with Gasteiger partial charge in [0.15, 0.2) is 0 Å². The summed E-state index contributed by atoms with van der Waals surface area (Å²) in [5, 5.41) is 0. The van der Waals surface area contributed by atoms with E-state index in [1.54, 1.807) is 0 Å². The van der Waals surface area contributed by atoms with Crippen molar-refractivity contribution in [3.8, 4) is 0 Å². The van der Waals surface area contributed by atoms with Crippen molar-refractivity contribution in [1.82, 2.24) is 0 Å².